The zero-order valence-electron chi connectivity index (χ0n) is 11.3. The van der Waals surface area contributed by atoms with Crippen LogP contribution in [0.25, 0.3) is 0 Å². The summed E-state index contributed by atoms with van der Waals surface area (Å²) in [5.41, 5.74) is 7.00. The Kier molecular flexibility index (Phi) is 4.67. The number of imidazole rings is 1. The molecule has 0 aliphatic carbocycles. The Labute approximate surface area is 117 Å². The Morgan fingerprint density at radius 1 is 1.55 bits per heavy atom. The van der Waals surface area contributed by atoms with Crippen molar-refractivity contribution in [3.05, 3.63) is 48.3 Å². The number of oxime groups is 1. The first-order chi connectivity index (χ1) is 9.70. The number of nitrogens with one attached hydrogen (secondary N) is 1. The van der Waals surface area contributed by atoms with Crippen LogP contribution in [0.2, 0.25) is 0 Å². The average Bonchev–Trinajstić information content (AvgIpc) is 2.97. The van der Waals surface area contributed by atoms with Crippen molar-refractivity contribution >= 4 is 5.84 Å². The molecule has 0 fully saturated rings. The third kappa shape index (κ3) is 3.55. The van der Waals surface area contributed by atoms with E-state index in [0.29, 0.717) is 12.2 Å². The van der Waals surface area contributed by atoms with E-state index in [2.05, 4.69) is 27.4 Å². The van der Waals surface area contributed by atoms with Gasteiger partial charge in [0.15, 0.2) is 5.84 Å². The summed E-state index contributed by atoms with van der Waals surface area (Å²) in [5.74, 6) is 0.0182. The maximum absolute atomic E-state index is 8.75. The lowest BCUT2D eigenvalue weighted by atomic mass is 10.1. The first-order valence-corrected chi connectivity index (χ1v) is 6.31. The highest BCUT2D eigenvalue weighted by Crippen LogP contribution is 2.05. The maximum Gasteiger partial charge on any atom is 0.189 e. The molecule has 1 unspecified atom stereocenters. The third-order valence-corrected chi connectivity index (χ3v) is 2.93. The minimum atomic E-state index is 0.0182. The van der Waals surface area contributed by atoms with Crippen LogP contribution in [0.3, 0.4) is 0 Å². The fraction of sp³-hybridized carbons (Fsp3) is 0.308. The van der Waals surface area contributed by atoms with Gasteiger partial charge in [-0.05, 0) is 18.6 Å². The van der Waals surface area contributed by atoms with Crippen molar-refractivity contribution in [2.24, 2.45) is 10.9 Å². The molecule has 106 valence electrons. The molecule has 2 aromatic heterocycles. The van der Waals surface area contributed by atoms with Crippen LogP contribution < -0.4 is 11.1 Å². The van der Waals surface area contributed by atoms with E-state index in [0.717, 1.165) is 12.1 Å². The first-order valence-electron chi connectivity index (χ1n) is 6.31. The molecule has 0 aromatic carbocycles. The summed E-state index contributed by atoms with van der Waals surface area (Å²) in [6.45, 7) is 3.49. The van der Waals surface area contributed by atoms with Gasteiger partial charge >= 0.3 is 0 Å². The minimum Gasteiger partial charge on any atom is -0.409 e. The van der Waals surface area contributed by atoms with Crippen LogP contribution in [0.4, 0.5) is 0 Å². The predicted octanol–water partition coefficient (Wildman–Crippen LogP) is 0.551. The number of nitrogens with zero attached hydrogens (tertiary/aromatic N) is 4. The predicted molar refractivity (Wildman–Crippen MR) is 75.3 cm³/mol. The Balaban J connectivity index is 1.97. The topological polar surface area (TPSA) is 101 Å². The molecule has 0 bridgehead atoms. The molecule has 0 amide bonds. The average molecular weight is 274 g/mol. The number of hydrogen-bond donors (Lipinski definition) is 3. The van der Waals surface area contributed by atoms with Crippen LogP contribution in [-0.2, 0) is 13.1 Å². The summed E-state index contributed by atoms with van der Waals surface area (Å²) >= 11 is 0. The largest absolute Gasteiger partial charge is 0.409 e. The van der Waals surface area contributed by atoms with Gasteiger partial charge in [-0.3, -0.25) is 4.98 Å². The van der Waals surface area contributed by atoms with E-state index in [4.69, 9.17) is 10.9 Å². The smallest absolute Gasteiger partial charge is 0.189 e. The molecule has 0 aliphatic rings. The highest BCUT2D eigenvalue weighted by molar-refractivity contribution is 5.96. The summed E-state index contributed by atoms with van der Waals surface area (Å²) in [5, 5.41) is 15.1. The number of nitrogens with two attached hydrogens (primary N) is 1. The first kappa shape index (κ1) is 14.0. The van der Waals surface area contributed by atoms with E-state index in [1.165, 1.54) is 0 Å². The van der Waals surface area contributed by atoms with Crippen LogP contribution >= 0.6 is 0 Å². The van der Waals surface area contributed by atoms with Crippen molar-refractivity contribution in [3.63, 3.8) is 0 Å². The van der Waals surface area contributed by atoms with Gasteiger partial charge in [-0.15, -0.1) is 0 Å². The molecule has 7 heteroatoms. The third-order valence-electron chi connectivity index (χ3n) is 2.93. The summed E-state index contributed by atoms with van der Waals surface area (Å²) in [4.78, 5) is 8.14. The van der Waals surface area contributed by atoms with E-state index >= 15 is 0 Å². The lowest BCUT2D eigenvalue weighted by Crippen LogP contribution is -2.31. The molecule has 0 spiro atoms. The van der Waals surface area contributed by atoms with Gasteiger partial charge < -0.3 is 20.8 Å². The number of aromatic nitrogens is 3. The second-order valence-corrected chi connectivity index (χ2v) is 4.54. The monoisotopic (exact) mass is 274 g/mol. The van der Waals surface area contributed by atoms with Gasteiger partial charge in [-0.2, -0.15) is 0 Å². The normalized spacial score (nSPS) is 13.3. The van der Waals surface area contributed by atoms with E-state index in [-0.39, 0.29) is 11.9 Å². The van der Waals surface area contributed by atoms with Gasteiger partial charge in [0.25, 0.3) is 0 Å². The molecule has 0 saturated heterocycles. The summed E-state index contributed by atoms with van der Waals surface area (Å²) in [6.07, 6.45) is 7.07. The number of rotatable bonds is 6. The van der Waals surface area contributed by atoms with Crippen molar-refractivity contribution < 1.29 is 5.21 Å². The molecular formula is C13H18N6O. The SMILES string of the molecule is CC(Cn1ccnc1)NCc1cccnc1C(N)=NO. The molecule has 2 heterocycles. The van der Waals surface area contributed by atoms with Gasteiger partial charge in [-0.1, -0.05) is 11.2 Å². The quantitative estimate of drug-likeness (QED) is 0.309. The Morgan fingerprint density at radius 3 is 3.10 bits per heavy atom. The standard InChI is InChI=1S/C13H18N6O/c1-10(8-19-6-5-15-9-19)17-7-11-3-2-4-16-12(11)13(14)18-20/h2-6,9-10,17,20H,7-8H2,1H3,(H2,14,18). The fourth-order valence-electron chi connectivity index (χ4n) is 1.92. The maximum atomic E-state index is 8.75. The van der Waals surface area contributed by atoms with Crippen molar-refractivity contribution in [1.29, 1.82) is 0 Å². The zero-order valence-corrected chi connectivity index (χ0v) is 11.3. The second kappa shape index (κ2) is 6.67. The molecule has 1 atom stereocenters. The molecule has 0 saturated carbocycles. The van der Waals surface area contributed by atoms with Crippen molar-refractivity contribution in [1.82, 2.24) is 19.9 Å². The van der Waals surface area contributed by atoms with Crippen LogP contribution in [0.15, 0.2) is 42.2 Å². The molecule has 2 rings (SSSR count). The van der Waals surface area contributed by atoms with Crippen LogP contribution in [0.1, 0.15) is 18.2 Å². The molecule has 0 aliphatic heterocycles. The summed E-state index contributed by atoms with van der Waals surface area (Å²) in [6, 6.07) is 3.98. The van der Waals surface area contributed by atoms with Gasteiger partial charge in [0.2, 0.25) is 0 Å². The van der Waals surface area contributed by atoms with E-state index < -0.39 is 0 Å². The molecule has 0 radical (unpaired) electrons. The van der Waals surface area contributed by atoms with Gasteiger partial charge in [-0.25, -0.2) is 4.98 Å². The van der Waals surface area contributed by atoms with Crippen LogP contribution in [0.5, 0.6) is 0 Å². The highest BCUT2D eigenvalue weighted by Gasteiger charge is 2.09. The summed E-state index contributed by atoms with van der Waals surface area (Å²) in [7, 11) is 0. The van der Waals surface area contributed by atoms with Gasteiger partial charge in [0.05, 0.1) is 6.33 Å². The Morgan fingerprint density at radius 2 is 2.40 bits per heavy atom. The van der Waals surface area contributed by atoms with E-state index in [1.54, 1.807) is 18.7 Å². The Hall–Kier alpha value is -2.41. The molecule has 2 aromatic rings. The fourth-order valence-corrected chi connectivity index (χ4v) is 1.92. The van der Waals surface area contributed by atoms with E-state index in [9.17, 15) is 0 Å². The second-order valence-electron chi connectivity index (χ2n) is 4.54. The molecule has 4 N–H and O–H groups in total. The van der Waals surface area contributed by atoms with Crippen LogP contribution in [0, 0.1) is 0 Å². The number of amidine groups is 1. The van der Waals surface area contributed by atoms with E-state index in [1.807, 2.05) is 22.9 Å². The molecular weight excluding hydrogens is 256 g/mol. The number of hydrogen-bond acceptors (Lipinski definition) is 5. The number of pyridine rings is 1. The molecule has 7 nitrogen and oxygen atoms in total. The lowest BCUT2D eigenvalue weighted by Gasteiger charge is -2.15. The van der Waals surface area contributed by atoms with Crippen molar-refractivity contribution in [2.75, 3.05) is 0 Å². The van der Waals surface area contributed by atoms with Gasteiger partial charge in [0.1, 0.15) is 5.69 Å². The molecule has 20 heavy (non-hydrogen) atoms. The highest BCUT2D eigenvalue weighted by atomic mass is 16.4. The summed E-state index contributed by atoms with van der Waals surface area (Å²) < 4.78 is 2.01. The van der Waals surface area contributed by atoms with Crippen molar-refractivity contribution in [2.45, 2.75) is 26.1 Å². The lowest BCUT2D eigenvalue weighted by molar-refractivity contribution is 0.318. The van der Waals surface area contributed by atoms with Crippen LogP contribution in [-0.4, -0.2) is 31.6 Å². The Bertz CT molecular complexity index is 566. The minimum absolute atomic E-state index is 0.0182. The zero-order chi connectivity index (χ0) is 14.4. The van der Waals surface area contributed by atoms with Crippen molar-refractivity contribution in [3.8, 4) is 0 Å². The van der Waals surface area contributed by atoms with Gasteiger partial charge in [0, 0.05) is 37.7 Å².